The van der Waals surface area contributed by atoms with Gasteiger partial charge in [-0.1, -0.05) is 12.5 Å². The predicted octanol–water partition coefficient (Wildman–Crippen LogP) is 1.93. The van der Waals surface area contributed by atoms with Crippen LogP contribution in [0.15, 0.2) is 24.3 Å². The predicted molar refractivity (Wildman–Crippen MR) is 68.6 cm³/mol. The molecule has 0 spiro atoms. The Balaban J connectivity index is 1.88. The van der Waals surface area contributed by atoms with Gasteiger partial charge in [0.15, 0.2) is 0 Å². The van der Waals surface area contributed by atoms with Crippen LogP contribution in [0.3, 0.4) is 0 Å². The van der Waals surface area contributed by atoms with E-state index >= 15 is 0 Å². The van der Waals surface area contributed by atoms with Gasteiger partial charge in [-0.2, -0.15) is 0 Å². The largest absolute Gasteiger partial charge is 0.352 e. The fourth-order valence-corrected chi connectivity index (χ4v) is 2.65. The number of nitrogens with one attached hydrogen (secondary N) is 1. The van der Waals surface area contributed by atoms with Gasteiger partial charge in [-0.3, -0.25) is 4.79 Å². The van der Waals surface area contributed by atoms with E-state index in [2.05, 4.69) is 5.32 Å². The lowest BCUT2D eigenvalue weighted by atomic mass is 9.96. The van der Waals surface area contributed by atoms with Crippen LogP contribution in [0.5, 0.6) is 0 Å². The van der Waals surface area contributed by atoms with Crippen LogP contribution in [0, 0.1) is 17.7 Å². The maximum atomic E-state index is 13.0. The Morgan fingerprint density at radius 3 is 2.89 bits per heavy atom. The molecule has 4 heteroatoms. The number of carbonyl (C=O) groups is 1. The fraction of sp³-hybridized carbons (Fsp3) is 0.500. The van der Waals surface area contributed by atoms with E-state index in [4.69, 9.17) is 5.73 Å². The lowest BCUT2D eigenvalue weighted by Crippen LogP contribution is -2.32. The molecule has 18 heavy (non-hydrogen) atoms. The Morgan fingerprint density at radius 2 is 2.17 bits per heavy atom. The highest BCUT2D eigenvalue weighted by Crippen LogP contribution is 2.30. The minimum absolute atomic E-state index is 0.211. The lowest BCUT2D eigenvalue weighted by Gasteiger charge is -2.18. The number of halogens is 1. The van der Waals surface area contributed by atoms with E-state index in [1.165, 1.54) is 18.6 Å². The van der Waals surface area contributed by atoms with Crippen molar-refractivity contribution in [1.82, 2.24) is 5.32 Å². The summed E-state index contributed by atoms with van der Waals surface area (Å²) in [6.45, 7) is 1.32. The molecule has 1 aromatic rings. The Kier molecular flexibility index (Phi) is 4.31. The molecule has 0 aromatic heterocycles. The first-order valence-electron chi connectivity index (χ1n) is 6.44. The highest BCUT2D eigenvalue weighted by atomic mass is 19.1. The first-order chi connectivity index (χ1) is 8.70. The number of hydrogen-bond acceptors (Lipinski definition) is 2. The minimum atomic E-state index is -0.386. The Hall–Kier alpha value is -1.42. The zero-order valence-corrected chi connectivity index (χ0v) is 10.4. The molecular weight excluding hydrogens is 231 g/mol. The molecule has 3 nitrogen and oxygen atoms in total. The van der Waals surface area contributed by atoms with E-state index in [1.807, 2.05) is 0 Å². The van der Waals surface area contributed by atoms with Crippen LogP contribution in [0.2, 0.25) is 0 Å². The fourth-order valence-electron chi connectivity index (χ4n) is 2.65. The van der Waals surface area contributed by atoms with Gasteiger partial charge in [0, 0.05) is 12.1 Å². The lowest BCUT2D eigenvalue weighted by molar-refractivity contribution is 0.0943. The van der Waals surface area contributed by atoms with Gasteiger partial charge in [0.1, 0.15) is 5.82 Å². The van der Waals surface area contributed by atoms with Crippen LogP contribution in [-0.4, -0.2) is 19.0 Å². The summed E-state index contributed by atoms with van der Waals surface area (Å²) in [5, 5.41) is 2.87. The average Bonchev–Trinajstić information content (AvgIpc) is 2.83. The van der Waals surface area contributed by atoms with Gasteiger partial charge in [-0.25, -0.2) is 4.39 Å². The summed E-state index contributed by atoms with van der Waals surface area (Å²) in [5.74, 6) is 0.380. The summed E-state index contributed by atoms with van der Waals surface area (Å²) < 4.78 is 13.0. The third kappa shape index (κ3) is 3.07. The molecule has 2 unspecified atom stereocenters. The number of rotatable bonds is 4. The first-order valence-corrected chi connectivity index (χ1v) is 6.44. The maximum Gasteiger partial charge on any atom is 0.251 e. The molecule has 0 radical (unpaired) electrons. The molecule has 1 amide bonds. The minimum Gasteiger partial charge on any atom is -0.352 e. The van der Waals surface area contributed by atoms with Crippen molar-refractivity contribution in [3.63, 3.8) is 0 Å². The first kappa shape index (κ1) is 13.0. The van der Waals surface area contributed by atoms with Gasteiger partial charge in [0.25, 0.3) is 5.91 Å². The van der Waals surface area contributed by atoms with Crippen molar-refractivity contribution in [2.75, 3.05) is 13.1 Å². The Bertz CT molecular complexity index is 422. The van der Waals surface area contributed by atoms with Crippen molar-refractivity contribution in [3.05, 3.63) is 35.6 Å². The second-order valence-corrected chi connectivity index (χ2v) is 4.91. The highest BCUT2D eigenvalue weighted by molar-refractivity contribution is 5.94. The van der Waals surface area contributed by atoms with E-state index < -0.39 is 0 Å². The van der Waals surface area contributed by atoms with Gasteiger partial charge in [-0.05, 0) is 49.4 Å². The van der Waals surface area contributed by atoms with E-state index in [1.54, 1.807) is 12.1 Å². The van der Waals surface area contributed by atoms with E-state index in [0.29, 0.717) is 30.5 Å². The molecular formula is C14H19FN2O. The van der Waals surface area contributed by atoms with Gasteiger partial charge in [0.2, 0.25) is 0 Å². The molecule has 1 fully saturated rings. The summed E-state index contributed by atoms with van der Waals surface area (Å²) in [6.07, 6.45) is 3.45. The number of benzene rings is 1. The monoisotopic (exact) mass is 250 g/mol. The molecule has 1 saturated carbocycles. The molecule has 1 aliphatic carbocycles. The molecule has 3 N–H and O–H groups in total. The molecule has 0 aliphatic heterocycles. The average molecular weight is 250 g/mol. The van der Waals surface area contributed by atoms with Crippen molar-refractivity contribution in [2.24, 2.45) is 17.6 Å². The van der Waals surface area contributed by atoms with Crippen molar-refractivity contribution >= 4 is 5.91 Å². The SMILES string of the molecule is NCC1CCCC1CNC(=O)c1cccc(F)c1. The topological polar surface area (TPSA) is 55.1 Å². The zero-order chi connectivity index (χ0) is 13.0. The van der Waals surface area contributed by atoms with Gasteiger partial charge >= 0.3 is 0 Å². The quantitative estimate of drug-likeness (QED) is 0.858. The third-order valence-corrected chi connectivity index (χ3v) is 3.73. The van der Waals surface area contributed by atoms with Crippen LogP contribution in [0.1, 0.15) is 29.6 Å². The second kappa shape index (κ2) is 5.96. The summed E-state index contributed by atoms with van der Waals surface area (Å²) in [4.78, 5) is 11.8. The van der Waals surface area contributed by atoms with E-state index in [9.17, 15) is 9.18 Å². The van der Waals surface area contributed by atoms with E-state index in [-0.39, 0.29) is 11.7 Å². The summed E-state index contributed by atoms with van der Waals surface area (Å²) in [7, 11) is 0. The zero-order valence-electron chi connectivity index (χ0n) is 10.4. The molecule has 2 rings (SSSR count). The second-order valence-electron chi connectivity index (χ2n) is 4.91. The molecule has 0 heterocycles. The van der Waals surface area contributed by atoms with Gasteiger partial charge in [-0.15, -0.1) is 0 Å². The normalized spacial score (nSPS) is 23.0. The van der Waals surface area contributed by atoms with Crippen molar-refractivity contribution in [3.8, 4) is 0 Å². The van der Waals surface area contributed by atoms with Crippen LogP contribution in [0.25, 0.3) is 0 Å². The molecule has 2 atom stereocenters. The molecule has 98 valence electrons. The highest BCUT2D eigenvalue weighted by Gasteiger charge is 2.26. The summed E-state index contributed by atoms with van der Waals surface area (Å²) in [5.41, 5.74) is 6.07. The van der Waals surface area contributed by atoms with Crippen LogP contribution < -0.4 is 11.1 Å². The van der Waals surface area contributed by atoms with Crippen molar-refractivity contribution < 1.29 is 9.18 Å². The van der Waals surface area contributed by atoms with Crippen molar-refractivity contribution in [1.29, 1.82) is 0 Å². The van der Waals surface area contributed by atoms with Crippen LogP contribution in [-0.2, 0) is 0 Å². The van der Waals surface area contributed by atoms with Crippen LogP contribution >= 0.6 is 0 Å². The Morgan fingerprint density at radius 1 is 1.39 bits per heavy atom. The van der Waals surface area contributed by atoms with Crippen molar-refractivity contribution in [2.45, 2.75) is 19.3 Å². The third-order valence-electron chi connectivity index (χ3n) is 3.73. The molecule has 0 bridgehead atoms. The molecule has 1 aromatic carbocycles. The Labute approximate surface area is 107 Å². The molecule has 0 saturated heterocycles. The summed E-state index contributed by atoms with van der Waals surface area (Å²) in [6, 6.07) is 5.75. The number of nitrogens with two attached hydrogens (primary N) is 1. The number of amides is 1. The van der Waals surface area contributed by atoms with Gasteiger partial charge < -0.3 is 11.1 Å². The van der Waals surface area contributed by atoms with Crippen LogP contribution in [0.4, 0.5) is 4.39 Å². The number of hydrogen-bond donors (Lipinski definition) is 2. The van der Waals surface area contributed by atoms with E-state index in [0.717, 1.165) is 12.8 Å². The standard InChI is InChI=1S/C14H19FN2O/c15-13-6-2-3-10(7-13)14(18)17-9-12-5-1-4-11(12)8-16/h2-3,6-7,11-12H,1,4-5,8-9,16H2,(H,17,18). The molecule has 1 aliphatic rings. The number of carbonyl (C=O) groups excluding carboxylic acids is 1. The smallest absolute Gasteiger partial charge is 0.251 e. The summed E-state index contributed by atoms with van der Waals surface area (Å²) >= 11 is 0. The maximum absolute atomic E-state index is 13.0. The van der Waals surface area contributed by atoms with Gasteiger partial charge in [0.05, 0.1) is 0 Å².